The minimum atomic E-state index is 0.355. The number of para-hydroxylation sites is 1. The molecule has 0 atom stereocenters. The van der Waals surface area contributed by atoms with Crippen molar-refractivity contribution in [2.75, 3.05) is 13.1 Å². The van der Waals surface area contributed by atoms with Gasteiger partial charge in [-0.25, -0.2) is 0 Å². The number of amides is 1. The molecule has 1 aromatic heterocycles. The zero-order valence-corrected chi connectivity index (χ0v) is 14.4. The fraction of sp³-hybridized carbons (Fsp3) is 0.550. The van der Waals surface area contributed by atoms with E-state index in [1.165, 1.54) is 22.2 Å². The number of aryl methyl sites for hydroxylation is 1. The number of nitrogens with zero attached hydrogens (tertiary/aromatic N) is 1. The van der Waals surface area contributed by atoms with Crippen molar-refractivity contribution in [3.8, 4) is 0 Å². The lowest BCUT2D eigenvalue weighted by atomic mass is 9.89. The summed E-state index contributed by atoms with van der Waals surface area (Å²) in [7, 11) is 0. The molecule has 1 fully saturated rings. The largest absolute Gasteiger partial charge is 0.358 e. The molecule has 3 rings (SSSR count). The van der Waals surface area contributed by atoms with Crippen LogP contribution in [0.3, 0.4) is 0 Å². The van der Waals surface area contributed by atoms with Gasteiger partial charge in [0.15, 0.2) is 0 Å². The van der Waals surface area contributed by atoms with E-state index in [1.54, 1.807) is 0 Å². The standard InChI is InChI=1S/C20H28N2O/c1-3-4-9-20(23)22-12-10-16(11-13-22)14-18-15(2)21-19-8-6-5-7-17(18)19/h5-8,16,21H,3-4,9-14H2,1-2H3. The summed E-state index contributed by atoms with van der Waals surface area (Å²) in [6.45, 7) is 6.20. The molecule has 0 radical (unpaired) electrons. The molecule has 1 aromatic carbocycles. The predicted molar refractivity (Wildman–Crippen MR) is 95.6 cm³/mol. The van der Waals surface area contributed by atoms with Gasteiger partial charge in [0.25, 0.3) is 0 Å². The van der Waals surface area contributed by atoms with Crippen LogP contribution in [-0.4, -0.2) is 28.9 Å². The second-order valence-electron chi connectivity index (χ2n) is 6.91. The fourth-order valence-electron chi connectivity index (χ4n) is 3.76. The van der Waals surface area contributed by atoms with Gasteiger partial charge in [-0.05, 0) is 50.2 Å². The Morgan fingerprint density at radius 3 is 2.74 bits per heavy atom. The van der Waals surface area contributed by atoms with Gasteiger partial charge in [-0.2, -0.15) is 0 Å². The first-order valence-electron chi connectivity index (χ1n) is 9.03. The number of aromatic amines is 1. The van der Waals surface area contributed by atoms with Gasteiger partial charge in [0.2, 0.25) is 5.91 Å². The topological polar surface area (TPSA) is 36.1 Å². The maximum Gasteiger partial charge on any atom is 0.222 e. The number of unbranched alkanes of at least 4 members (excludes halogenated alkanes) is 1. The molecule has 0 aliphatic carbocycles. The predicted octanol–water partition coefficient (Wildman–Crippen LogP) is 4.45. The van der Waals surface area contributed by atoms with Crippen LogP contribution in [0.2, 0.25) is 0 Å². The molecule has 1 aliphatic heterocycles. The highest BCUT2D eigenvalue weighted by Gasteiger charge is 2.23. The second kappa shape index (κ2) is 7.20. The summed E-state index contributed by atoms with van der Waals surface area (Å²) in [5.74, 6) is 1.05. The van der Waals surface area contributed by atoms with E-state index < -0.39 is 0 Å². The lowest BCUT2D eigenvalue weighted by molar-refractivity contribution is -0.132. The quantitative estimate of drug-likeness (QED) is 0.870. The van der Waals surface area contributed by atoms with Crippen molar-refractivity contribution in [3.05, 3.63) is 35.5 Å². The van der Waals surface area contributed by atoms with E-state index in [9.17, 15) is 4.79 Å². The van der Waals surface area contributed by atoms with E-state index in [-0.39, 0.29) is 0 Å². The number of fused-ring (bicyclic) bond motifs is 1. The summed E-state index contributed by atoms with van der Waals surface area (Å²) < 4.78 is 0. The van der Waals surface area contributed by atoms with Gasteiger partial charge < -0.3 is 9.88 Å². The number of rotatable bonds is 5. The van der Waals surface area contributed by atoms with Crippen molar-refractivity contribution in [1.29, 1.82) is 0 Å². The van der Waals surface area contributed by atoms with Crippen LogP contribution in [0.25, 0.3) is 10.9 Å². The number of aromatic nitrogens is 1. The monoisotopic (exact) mass is 312 g/mol. The van der Waals surface area contributed by atoms with Gasteiger partial charge in [0.05, 0.1) is 0 Å². The fourth-order valence-corrected chi connectivity index (χ4v) is 3.76. The van der Waals surface area contributed by atoms with Gasteiger partial charge in [-0.3, -0.25) is 4.79 Å². The Balaban J connectivity index is 1.60. The number of benzene rings is 1. The first kappa shape index (κ1) is 16.1. The van der Waals surface area contributed by atoms with E-state index in [4.69, 9.17) is 0 Å². The van der Waals surface area contributed by atoms with Crippen molar-refractivity contribution in [2.24, 2.45) is 5.92 Å². The minimum Gasteiger partial charge on any atom is -0.358 e. The Morgan fingerprint density at radius 2 is 2.00 bits per heavy atom. The normalized spacial score (nSPS) is 16.2. The Labute approximate surface area is 139 Å². The second-order valence-corrected chi connectivity index (χ2v) is 6.91. The van der Waals surface area contributed by atoms with Gasteiger partial charge in [0, 0.05) is 36.1 Å². The van der Waals surface area contributed by atoms with Crippen molar-refractivity contribution < 1.29 is 4.79 Å². The van der Waals surface area contributed by atoms with E-state index in [0.717, 1.165) is 51.6 Å². The van der Waals surface area contributed by atoms with Gasteiger partial charge in [-0.1, -0.05) is 31.5 Å². The van der Waals surface area contributed by atoms with Crippen molar-refractivity contribution >= 4 is 16.8 Å². The molecule has 3 heteroatoms. The zero-order chi connectivity index (χ0) is 16.2. The number of likely N-dealkylation sites (tertiary alicyclic amines) is 1. The minimum absolute atomic E-state index is 0.355. The molecule has 0 saturated carbocycles. The van der Waals surface area contributed by atoms with E-state index in [2.05, 4.69) is 48.0 Å². The molecular formula is C20H28N2O. The number of piperidine rings is 1. The summed E-state index contributed by atoms with van der Waals surface area (Å²) in [5.41, 5.74) is 4.01. The van der Waals surface area contributed by atoms with Crippen LogP contribution < -0.4 is 0 Å². The molecule has 0 spiro atoms. The van der Waals surface area contributed by atoms with Crippen LogP contribution in [0.5, 0.6) is 0 Å². The van der Waals surface area contributed by atoms with Gasteiger partial charge >= 0.3 is 0 Å². The molecule has 2 aromatic rings. The molecule has 124 valence electrons. The van der Waals surface area contributed by atoms with E-state index in [1.807, 2.05) is 0 Å². The molecule has 3 nitrogen and oxygen atoms in total. The SMILES string of the molecule is CCCCC(=O)N1CCC(Cc2c(C)[nH]c3ccccc23)CC1. The molecule has 1 amide bonds. The number of carbonyl (C=O) groups excluding carboxylic acids is 1. The molecule has 0 bridgehead atoms. The van der Waals surface area contributed by atoms with E-state index in [0.29, 0.717) is 11.8 Å². The first-order chi connectivity index (χ1) is 11.2. The lowest BCUT2D eigenvalue weighted by Crippen LogP contribution is -2.38. The van der Waals surface area contributed by atoms with Crippen LogP contribution in [0.1, 0.15) is 50.3 Å². The highest BCUT2D eigenvalue weighted by Crippen LogP contribution is 2.28. The van der Waals surface area contributed by atoms with Gasteiger partial charge in [-0.15, -0.1) is 0 Å². The average molecular weight is 312 g/mol. The summed E-state index contributed by atoms with van der Waals surface area (Å²) >= 11 is 0. The third-order valence-corrected chi connectivity index (χ3v) is 5.23. The first-order valence-corrected chi connectivity index (χ1v) is 9.03. The third-order valence-electron chi connectivity index (χ3n) is 5.23. The van der Waals surface area contributed by atoms with Crippen molar-refractivity contribution in [3.63, 3.8) is 0 Å². The third kappa shape index (κ3) is 3.60. The molecule has 0 unspecified atom stereocenters. The van der Waals surface area contributed by atoms with Crippen LogP contribution in [0.4, 0.5) is 0 Å². The Hall–Kier alpha value is -1.77. The summed E-state index contributed by atoms with van der Waals surface area (Å²) in [6.07, 6.45) is 6.25. The highest BCUT2D eigenvalue weighted by molar-refractivity contribution is 5.84. The zero-order valence-electron chi connectivity index (χ0n) is 14.4. The molecule has 1 aliphatic rings. The number of hydrogen-bond acceptors (Lipinski definition) is 1. The Kier molecular flexibility index (Phi) is 5.04. The Bertz CT molecular complexity index is 665. The highest BCUT2D eigenvalue weighted by atomic mass is 16.2. The molecular weight excluding hydrogens is 284 g/mol. The Morgan fingerprint density at radius 1 is 1.26 bits per heavy atom. The van der Waals surface area contributed by atoms with Crippen LogP contribution in [0, 0.1) is 12.8 Å². The molecule has 1 saturated heterocycles. The van der Waals surface area contributed by atoms with Crippen LogP contribution in [-0.2, 0) is 11.2 Å². The molecule has 2 heterocycles. The maximum absolute atomic E-state index is 12.1. The molecule has 1 N–H and O–H groups in total. The maximum atomic E-state index is 12.1. The number of H-pyrrole nitrogens is 1. The van der Waals surface area contributed by atoms with Gasteiger partial charge in [0.1, 0.15) is 0 Å². The van der Waals surface area contributed by atoms with Crippen molar-refractivity contribution in [1.82, 2.24) is 9.88 Å². The number of hydrogen-bond donors (Lipinski definition) is 1. The van der Waals surface area contributed by atoms with Crippen LogP contribution in [0.15, 0.2) is 24.3 Å². The summed E-state index contributed by atoms with van der Waals surface area (Å²) in [4.78, 5) is 17.7. The van der Waals surface area contributed by atoms with Crippen LogP contribution >= 0.6 is 0 Å². The van der Waals surface area contributed by atoms with E-state index >= 15 is 0 Å². The smallest absolute Gasteiger partial charge is 0.222 e. The summed E-state index contributed by atoms with van der Waals surface area (Å²) in [6, 6.07) is 8.58. The summed E-state index contributed by atoms with van der Waals surface area (Å²) in [5, 5.41) is 1.37. The average Bonchev–Trinajstić information content (AvgIpc) is 2.89. The number of carbonyl (C=O) groups is 1. The lowest BCUT2D eigenvalue weighted by Gasteiger charge is -2.32. The number of nitrogens with one attached hydrogen (secondary N) is 1. The van der Waals surface area contributed by atoms with Crippen molar-refractivity contribution in [2.45, 2.75) is 52.4 Å². The molecule has 23 heavy (non-hydrogen) atoms.